The Hall–Kier alpha value is -3.08. The second kappa shape index (κ2) is 6.36. The number of carbonyl (C=O) groups is 1. The summed E-state index contributed by atoms with van der Waals surface area (Å²) in [4.78, 5) is 25.1. The maximum Gasteiger partial charge on any atom is 0.260 e. The minimum Gasteiger partial charge on any atom is -0.306 e. The number of aromatic nitrogens is 3. The number of amides is 1. The van der Waals surface area contributed by atoms with Gasteiger partial charge in [-0.05, 0) is 31.5 Å². The molecule has 0 atom stereocenters. The van der Waals surface area contributed by atoms with E-state index in [1.807, 2.05) is 42.5 Å². The first-order chi connectivity index (χ1) is 11.1. The number of carbonyl (C=O) groups excluding carboxylic acids is 1. The molecule has 1 amide bonds. The van der Waals surface area contributed by atoms with Crippen molar-refractivity contribution in [3.8, 4) is 11.1 Å². The first-order valence-electron chi connectivity index (χ1n) is 7.27. The predicted molar refractivity (Wildman–Crippen MR) is 89.1 cm³/mol. The van der Waals surface area contributed by atoms with Crippen molar-refractivity contribution < 1.29 is 4.79 Å². The monoisotopic (exact) mass is 304 g/mol. The van der Waals surface area contributed by atoms with Crippen LogP contribution >= 0.6 is 0 Å². The Kier molecular flexibility index (Phi) is 4.10. The first kappa shape index (κ1) is 14.8. The van der Waals surface area contributed by atoms with Crippen molar-refractivity contribution in [1.29, 1.82) is 0 Å². The molecule has 23 heavy (non-hydrogen) atoms. The molecule has 0 aliphatic carbocycles. The van der Waals surface area contributed by atoms with Crippen molar-refractivity contribution in [2.24, 2.45) is 0 Å². The topological polar surface area (TPSA) is 67.8 Å². The molecule has 3 aromatic rings. The van der Waals surface area contributed by atoms with Crippen LogP contribution in [-0.4, -0.2) is 20.9 Å². The molecule has 0 saturated carbocycles. The Labute approximate surface area is 134 Å². The molecule has 5 nitrogen and oxygen atoms in total. The smallest absolute Gasteiger partial charge is 0.260 e. The zero-order chi connectivity index (χ0) is 16.2. The van der Waals surface area contributed by atoms with E-state index in [2.05, 4.69) is 20.3 Å². The van der Waals surface area contributed by atoms with E-state index in [1.165, 1.54) is 6.20 Å². The third-order valence-electron chi connectivity index (χ3n) is 3.47. The summed E-state index contributed by atoms with van der Waals surface area (Å²) in [6.45, 7) is 3.58. The fraction of sp³-hybridized carbons (Fsp3) is 0.111. The molecule has 0 saturated heterocycles. The number of pyridine rings is 1. The van der Waals surface area contributed by atoms with Crippen molar-refractivity contribution in [2.75, 3.05) is 5.32 Å². The van der Waals surface area contributed by atoms with Crippen LogP contribution in [0.25, 0.3) is 11.1 Å². The molecule has 0 unspecified atom stereocenters. The summed E-state index contributed by atoms with van der Waals surface area (Å²) in [5.41, 5.74) is 2.95. The average molecular weight is 304 g/mol. The van der Waals surface area contributed by atoms with Crippen LogP contribution in [0, 0.1) is 13.8 Å². The number of rotatable bonds is 3. The number of hydrogen-bond donors (Lipinski definition) is 1. The van der Waals surface area contributed by atoms with Crippen LogP contribution in [0.15, 0.2) is 54.9 Å². The van der Waals surface area contributed by atoms with Gasteiger partial charge in [0.05, 0.1) is 11.3 Å². The van der Waals surface area contributed by atoms with Gasteiger partial charge in [-0.1, -0.05) is 30.3 Å². The fourth-order valence-electron chi connectivity index (χ4n) is 2.34. The molecule has 114 valence electrons. The first-order valence-corrected chi connectivity index (χ1v) is 7.27. The number of nitrogens with one attached hydrogen (secondary N) is 1. The highest BCUT2D eigenvalue weighted by molar-refractivity contribution is 6.06. The van der Waals surface area contributed by atoms with E-state index in [9.17, 15) is 4.79 Å². The van der Waals surface area contributed by atoms with Gasteiger partial charge in [0.15, 0.2) is 0 Å². The van der Waals surface area contributed by atoms with E-state index >= 15 is 0 Å². The molecule has 0 aliphatic heterocycles. The third-order valence-corrected chi connectivity index (χ3v) is 3.47. The van der Waals surface area contributed by atoms with Gasteiger partial charge in [0, 0.05) is 18.0 Å². The Morgan fingerprint density at radius 2 is 1.78 bits per heavy atom. The second-order valence-electron chi connectivity index (χ2n) is 5.14. The van der Waals surface area contributed by atoms with Gasteiger partial charge in [-0.2, -0.15) is 0 Å². The van der Waals surface area contributed by atoms with Crippen LogP contribution in [0.3, 0.4) is 0 Å². The standard InChI is InChI=1S/C18H16N4O/c1-12-16(11-20-13(2)21-12)18(23)22-17-15(9-6-10-19-17)14-7-4-3-5-8-14/h3-11H,1-2H3,(H,19,22,23). The van der Waals surface area contributed by atoms with Crippen LogP contribution in [0.5, 0.6) is 0 Å². The average Bonchev–Trinajstić information content (AvgIpc) is 2.56. The SMILES string of the molecule is Cc1ncc(C(=O)Nc2ncccc2-c2ccccc2)c(C)n1. The van der Waals surface area contributed by atoms with Crippen LogP contribution in [-0.2, 0) is 0 Å². The van der Waals surface area contributed by atoms with Gasteiger partial charge in [0.25, 0.3) is 5.91 Å². The maximum absolute atomic E-state index is 12.5. The third kappa shape index (κ3) is 3.23. The lowest BCUT2D eigenvalue weighted by Crippen LogP contribution is -2.16. The van der Waals surface area contributed by atoms with Gasteiger partial charge >= 0.3 is 0 Å². The Balaban J connectivity index is 1.93. The summed E-state index contributed by atoms with van der Waals surface area (Å²) in [7, 11) is 0. The van der Waals surface area contributed by atoms with E-state index in [-0.39, 0.29) is 5.91 Å². The highest BCUT2D eigenvalue weighted by Crippen LogP contribution is 2.26. The van der Waals surface area contributed by atoms with Gasteiger partial charge < -0.3 is 5.32 Å². The highest BCUT2D eigenvalue weighted by atomic mass is 16.1. The molecule has 0 spiro atoms. The van der Waals surface area contributed by atoms with Crippen molar-refractivity contribution in [3.05, 3.63) is 71.9 Å². The van der Waals surface area contributed by atoms with E-state index in [4.69, 9.17) is 0 Å². The molecule has 1 N–H and O–H groups in total. The zero-order valence-corrected chi connectivity index (χ0v) is 12.9. The number of nitrogens with zero attached hydrogens (tertiary/aromatic N) is 3. The normalized spacial score (nSPS) is 10.3. The van der Waals surface area contributed by atoms with Gasteiger partial charge in [-0.3, -0.25) is 4.79 Å². The van der Waals surface area contributed by atoms with Crippen molar-refractivity contribution in [1.82, 2.24) is 15.0 Å². The molecule has 0 bridgehead atoms. The number of anilines is 1. The van der Waals surface area contributed by atoms with Crippen LogP contribution < -0.4 is 5.32 Å². The molecule has 0 fully saturated rings. The van der Waals surface area contributed by atoms with E-state index in [0.717, 1.165) is 11.1 Å². The van der Waals surface area contributed by atoms with Crippen LogP contribution in [0.4, 0.5) is 5.82 Å². The molecule has 2 heterocycles. The Morgan fingerprint density at radius 3 is 2.52 bits per heavy atom. The Morgan fingerprint density at radius 1 is 1.00 bits per heavy atom. The summed E-state index contributed by atoms with van der Waals surface area (Å²) in [6.07, 6.45) is 3.19. The quantitative estimate of drug-likeness (QED) is 0.805. The van der Waals surface area contributed by atoms with Crippen molar-refractivity contribution in [3.63, 3.8) is 0 Å². The lowest BCUT2D eigenvalue weighted by Gasteiger charge is -2.11. The summed E-state index contributed by atoms with van der Waals surface area (Å²) >= 11 is 0. The van der Waals surface area contributed by atoms with Gasteiger partial charge in [0.2, 0.25) is 0 Å². The van der Waals surface area contributed by atoms with Crippen molar-refractivity contribution >= 4 is 11.7 Å². The van der Waals surface area contributed by atoms with Gasteiger partial charge in [0.1, 0.15) is 11.6 Å². The summed E-state index contributed by atoms with van der Waals surface area (Å²) in [5.74, 6) is 0.893. The molecule has 5 heteroatoms. The molecular formula is C18H16N4O. The van der Waals surface area contributed by atoms with Crippen molar-refractivity contribution in [2.45, 2.75) is 13.8 Å². The fourth-order valence-corrected chi connectivity index (χ4v) is 2.34. The highest BCUT2D eigenvalue weighted by Gasteiger charge is 2.14. The Bertz CT molecular complexity index is 847. The minimum absolute atomic E-state index is 0.265. The number of aryl methyl sites for hydroxylation is 2. The molecular weight excluding hydrogens is 288 g/mol. The summed E-state index contributed by atoms with van der Waals surface area (Å²) in [6, 6.07) is 13.6. The van der Waals surface area contributed by atoms with E-state index in [1.54, 1.807) is 20.0 Å². The minimum atomic E-state index is -0.265. The zero-order valence-electron chi connectivity index (χ0n) is 12.9. The molecule has 0 aliphatic rings. The van der Waals surface area contributed by atoms with Crippen LogP contribution in [0.2, 0.25) is 0 Å². The molecule has 1 aromatic carbocycles. The maximum atomic E-state index is 12.5. The predicted octanol–water partition coefficient (Wildman–Crippen LogP) is 3.41. The lowest BCUT2D eigenvalue weighted by atomic mass is 10.1. The molecule has 2 aromatic heterocycles. The van der Waals surface area contributed by atoms with Crippen LogP contribution in [0.1, 0.15) is 21.9 Å². The number of hydrogen-bond acceptors (Lipinski definition) is 4. The van der Waals surface area contributed by atoms with Gasteiger partial charge in [-0.15, -0.1) is 0 Å². The van der Waals surface area contributed by atoms with Gasteiger partial charge in [-0.25, -0.2) is 15.0 Å². The molecule has 3 rings (SSSR count). The largest absolute Gasteiger partial charge is 0.306 e. The summed E-state index contributed by atoms with van der Waals surface area (Å²) < 4.78 is 0. The molecule has 0 radical (unpaired) electrons. The second-order valence-corrected chi connectivity index (χ2v) is 5.14. The number of benzene rings is 1. The van der Waals surface area contributed by atoms with E-state index < -0.39 is 0 Å². The summed E-state index contributed by atoms with van der Waals surface area (Å²) in [5, 5.41) is 2.86. The lowest BCUT2D eigenvalue weighted by molar-refractivity contribution is 0.102. The van der Waals surface area contributed by atoms with E-state index in [0.29, 0.717) is 22.9 Å².